The van der Waals surface area contributed by atoms with Crippen LogP contribution in [0.1, 0.15) is 51.8 Å². The zero-order chi connectivity index (χ0) is 29.1. The van der Waals surface area contributed by atoms with Crippen molar-refractivity contribution in [2.45, 2.75) is 46.8 Å². The van der Waals surface area contributed by atoms with Gasteiger partial charge in [0.05, 0.1) is 55.4 Å². The number of aromatic nitrogens is 1. The summed E-state index contributed by atoms with van der Waals surface area (Å²) in [5, 5.41) is 0. The molecule has 0 saturated carbocycles. The fourth-order valence-corrected chi connectivity index (χ4v) is 7.58. The van der Waals surface area contributed by atoms with E-state index < -0.39 is 12.0 Å². The highest BCUT2D eigenvalue weighted by Gasteiger charge is 2.34. The summed E-state index contributed by atoms with van der Waals surface area (Å²) >= 11 is 5.77. The third-order valence-corrected chi connectivity index (χ3v) is 8.58. The van der Waals surface area contributed by atoms with Crippen LogP contribution in [0.5, 0.6) is 17.2 Å². The largest absolute Gasteiger partial charge is 0.493 e. The number of hydrogen-bond acceptors (Lipinski definition) is 8. The number of nitrogens with zero attached hydrogens (tertiary/aromatic N) is 2. The summed E-state index contributed by atoms with van der Waals surface area (Å²) in [6.45, 7) is 10.1. The first kappa shape index (κ1) is 30.6. The molecule has 0 unspecified atom stereocenters. The molecule has 1 atom stereocenters. The van der Waals surface area contributed by atoms with Gasteiger partial charge in [-0.3, -0.25) is 9.36 Å². The van der Waals surface area contributed by atoms with Crippen molar-refractivity contribution < 1.29 is 23.7 Å². The average Bonchev–Trinajstić information content (AvgIpc) is 3.19. The maximum absolute atomic E-state index is 14.0. The van der Waals surface area contributed by atoms with Crippen LogP contribution in [0.2, 0.25) is 0 Å². The molecule has 0 spiro atoms. The third kappa shape index (κ3) is 6.25. The number of halogens is 2. The summed E-state index contributed by atoms with van der Waals surface area (Å²) in [5.74, 6) is 1.40. The second-order valence-corrected chi connectivity index (χ2v) is 12.5. The van der Waals surface area contributed by atoms with E-state index in [1.807, 2.05) is 45.0 Å². The van der Waals surface area contributed by atoms with E-state index in [-0.39, 0.29) is 18.3 Å². The van der Waals surface area contributed by atoms with Gasteiger partial charge in [-0.2, -0.15) is 0 Å². The van der Waals surface area contributed by atoms with Crippen LogP contribution in [0.4, 0.5) is 0 Å². The lowest BCUT2D eigenvalue weighted by atomic mass is 9.95. The fraction of sp³-hybridized carbons (Fsp3) is 0.345. The van der Waals surface area contributed by atoms with Gasteiger partial charge in [0, 0.05) is 0 Å². The molecule has 8 nitrogen and oxygen atoms in total. The van der Waals surface area contributed by atoms with Gasteiger partial charge in [0.15, 0.2) is 16.3 Å². The van der Waals surface area contributed by atoms with Crippen molar-refractivity contribution in [3.63, 3.8) is 0 Å². The zero-order valence-corrected chi connectivity index (χ0v) is 28.2. The number of fused-ring (bicyclic) bond motifs is 1. The molecule has 212 valence electrons. The van der Waals surface area contributed by atoms with Crippen LogP contribution in [0.3, 0.4) is 0 Å². The second-order valence-electron chi connectivity index (χ2n) is 9.13. The van der Waals surface area contributed by atoms with Crippen LogP contribution in [0.25, 0.3) is 6.08 Å². The average molecular weight is 788 g/mol. The fourth-order valence-electron chi connectivity index (χ4n) is 4.41. The van der Waals surface area contributed by atoms with Crippen molar-refractivity contribution in [3.8, 4) is 17.2 Å². The van der Waals surface area contributed by atoms with Gasteiger partial charge in [0.1, 0.15) is 5.75 Å². The van der Waals surface area contributed by atoms with E-state index in [1.165, 1.54) is 11.3 Å². The minimum atomic E-state index is -0.750. The number of allylic oxidation sites excluding steroid dienone is 1. The van der Waals surface area contributed by atoms with Crippen LogP contribution >= 0.6 is 56.5 Å². The van der Waals surface area contributed by atoms with Crippen LogP contribution in [-0.4, -0.2) is 37.0 Å². The van der Waals surface area contributed by atoms with E-state index in [1.54, 1.807) is 37.7 Å². The van der Waals surface area contributed by atoms with E-state index in [0.717, 1.165) is 18.5 Å². The highest BCUT2D eigenvalue weighted by molar-refractivity contribution is 14.1. The van der Waals surface area contributed by atoms with Gasteiger partial charge in [-0.05, 0) is 121 Å². The predicted molar refractivity (Wildman–Crippen MR) is 172 cm³/mol. The Hall–Kier alpha value is -2.39. The van der Waals surface area contributed by atoms with Gasteiger partial charge in [-0.25, -0.2) is 9.79 Å². The van der Waals surface area contributed by atoms with E-state index in [9.17, 15) is 9.59 Å². The summed E-state index contributed by atoms with van der Waals surface area (Å²) in [6, 6.07) is 8.66. The van der Waals surface area contributed by atoms with Crippen LogP contribution < -0.4 is 29.1 Å². The maximum Gasteiger partial charge on any atom is 0.338 e. The first-order valence-electron chi connectivity index (χ1n) is 12.8. The first-order valence-corrected chi connectivity index (χ1v) is 15.7. The number of ether oxygens (including phenoxy) is 4. The molecule has 0 amide bonds. The number of methoxy groups -OCH3 is 1. The molecule has 1 aromatic heterocycles. The normalized spacial score (nSPS) is 15.1. The highest BCUT2D eigenvalue weighted by Crippen LogP contribution is 2.36. The van der Waals surface area contributed by atoms with Crippen molar-refractivity contribution in [2.24, 2.45) is 4.99 Å². The zero-order valence-electron chi connectivity index (χ0n) is 23.0. The van der Waals surface area contributed by atoms with E-state index in [2.05, 4.69) is 50.2 Å². The Labute approximate surface area is 264 Å². The SMILES string of the molecule is CCOC(=O)C1=C(C)N=c2s/c(=C\c3cc(I)c(OCC)c(I)c3)c(=O)n2[C@H]1c1ccc(OC(C)C)c(OC)c1. The second kappa shape index (κ2) is 13.1. The van der Waals surface area contributed by atoms with Crippen molar-refractivity contribution in [1.29, 1.82) is 0 Å². The van der Waals surface area contributed by atoms with Crippen LogP contribution in [0, 0.1) is 7.14 Å². The number of rotatable bonds is 9. The lowest BCUT2D eigenvalue weighted by molar-refractivity contribution is -0.139. The molecule has 0 bridgehead atoms. The van der Waals surface area contributed by atoms with Gasteiger partial charge in [0.2, 0.25) is 0 Å². The molecule has 0 saturated heterocycles. The molecule has 0 N–H and O–H groups in total. The van der Waals surface area contributed by atoms with E-state index in [0.29, 0.717) is 44.3 Å². The quantitative estimate of drug-likeness (QED) is 0.219. The van der Waals surface area contributed by atoms with E-state index in [4.69, 9.17) is 18.9 Å². The molecule has 4 rings (SSSR count). The number of benzene rings is 2. The van der Waals surface area contributed by atoms with Gasteiger partial charge >= 0.3 is 5.97 Å². The molecular weight excluding hydrogens is 758 g/mol. The Morgan fingerprint density at radius 3 is 2.42 bits per heavy atom. The standard InChI is InChI=1S/C29H30I2N2O6S/c1-7-37-26-19(30)11-17(12-20(26)31)13-23-27(34)33-25(18-9-10-21(39-15(3)4)22(14-18)36-6)24(28(35)38-8-2)16(5)32-29(33)40-23/h9-15,25H,7-8H2,1-6H3/b23-13-/t25-/m0/s1. The highest BCUT2D eigenvalue weighted by atomic mass is 127. The Morgan fingerprint density at radius 1 is 1.12 bits per heavy atom. The molecule has 3 aromatic rings. The van der Waals surface area contributed by atoms with Crippen LogP contribution in [0.15, 0.2) is 51.4 Å². The monoisotopic (exact) mass is 788 g/mol. The molecular formula is C29H30I2N2O6S. The molecule has 40 heavy (non-hydrogen) atoms. The summed E-state index contributed by atoms with van der Waals surface area (Å²) in [7, 11) is 1.56. The lowest BCUT2D eigenvalue weighted by Crippen LogP contribution is -2.40. The summed E-state index contributed by atoms with van der Waals surface area (Å²) in [4.78, 5) is 32.3. The Balaban J connectivity index is 1.93. The number of hydrogen-bond donors (Lipinski definition) is 0. The van der Waals surface area contributed by atoms with Gasteiger partial charge in [0.25, 0.3) is 5.56 Å². The number of carbonyl (C=O) groups excluding carboxylic acids is 1. The van der Waals surface area contributed by atoms with Crippen LogP contribution in [-0.2, 0) is 9.53 Å². The topological polar surface area (TPSA) is 88.4 Å². The molecule has 2 aromatic carbocycles. The molecule has 0 radical (unpaired) electrons. The lowest BCUT2D eigenvalue weighted by Gasteiger charge is -2.25. The third-order valence-electron chi connectivity index (χ3n) is 5.99. The Morgan fingerprint density at radius 2 is 1.82 bits per heavy atom. The van der Waals surface area contributed by atoms with Crippen molar-refractivity contribution in [3.05, 3.63) is 79.6 Å². The minimum absolute atomic E-state index is 0.0524. The number of carbonyl (C=O) groups is 1. The number of esters is 1. The summed E-state index contributed by atoms with van der Waals surface area (Å²) in [5.41, 5.74) is 2.12. The maximum atomic E-state index is 14.0. The Bertz CT molecular complexity index is 1630. The van der Waals surface area contributed by atoms with Gasteiger partial charge in [-0.1, -0.05) is 17.4 Å². The van der Waals surface area contributed by atoms with E-state index >= 15 is 0 Å². The molecule has 1 aliphatic rings. The molecule has 1 aliphatic heterocycles. The van der Waals surface area contributed by atoms with Crippen molar-refractivity contribution in [1.82, 2.24) is 4.57 Å². The molecule has 2 heterocycles. The molecule has 0 fully saturated rings. The van der Waals surface area contributed by atoms with Gasteiger partial charge < -0.3 is 18.9 Å². The smallest absolute Gasteiger partial charge is 0.338 e. The number of thiazole rings is 1. The molecule has 0 aliphatic carbocycles. The van der Waals surface area contributed by atoms with Crippen molar-refractivity contribution >= 4 is 68.6 Å². The summed E-state index contributed by atoms with van der Waals surface area (Å²) in [6.07, 6.45) is 1.80. The first-order chi connectivity index (χ1) is 19.1. The predicted octanol–water partition coefficient (Wildman–Crippen LogP) is 5.20. The molecule has 11 heteroatoms. The van der Waals surface area contributed by atoms with Crippen molar-refractivity contribution in [2.75, 3.05) is 20.3 Å². The Kier molecular flexibility index (Phi) is 9.98. The van der Waals surface area contributed by atoms with Gasteiger partial charge in [-0.15, -0.1) is 0 Å². The minimum Gasteiger partial charge on any atom is -0.493 e. The summed E-state index contributed by atoms with van der Waals surface area (Å²) < 4.78 is 26.7.